The summed E-state index contributed by atoms with van der Waals surface area (Å²) in [7, 11) is 0. The molecule has 1 heterocycles. The number of nitrogens with zero attached hydrogens (tertiary/aromatic N) is 2. The molecule has 1 aromatic heterocycles. The number of hydrogen-bond acceptors (Lipinski definition) is 2. The summed E-state index contributed by atoms with van der Waals surface area (Å²) in [5, 5.41) is 4.51. The van der Waals surface area contributed by atoms with E-state index < -0.39 is 0 Å². The van der Waals surface area contributed by atoms with E-state index in [-0.39, 0.29) is 0 Å². The molecule has 0 atom stereocenters. The van der Waals surface area contributed by atoms with Crippen molar-refractivity contribution >= 4 is 5.69 Å². The predicted octanol–water partition coefficient (Wildman–Crippen LogP) is 2.44. The van der Waals surface area contributed by atoms with Gasteiger partial charge in [-0.3, -0.25) is 4.68 Å². The highest BCUT2D eigenvalue weighted by molar-refractivity contribution is 5.40. The fourth-order valence-corrected chi connectivity index (χ4v) is 1.80. The van der Waals surface area contributed by atoms with Crippen molar-refractivity contribution in [3.63, 3.8) is 0 Å². The van der Waals surface area contributed by atoms with Gasteiger partial charge in [0.25, 0.3) is 0 Å². The molecule has 84 valence electrons. The zero-order valence-electron chi connectivity index (χ0n) is 9.99. The highest BCUT2D eigenvalue weighted by Crippen LogP contribution is 2.14. The highest BCUT2D eigenvalue weighted by atomic mass is 15.3. The van der Waals surface area contributed by atoms with Crippen LogP contribution in [0.2, 0.25) is 0 Å². The normalized spacial score (nSPS) is 10.7. The van der Waals surface area contributed by atoms with Crippen molar-refractivity contribution in [3.8, 4) is 0 Å². The van der Waals surface area contributed by atoms with Crippen molar-refractivity contribution in [2.75, 3.05) is 5.73 Å². The van der Waals surface area contributed by atoms with Gasteiger partial charge in [-0.25, -0.2) is 0 Å². The molecule has 3 heteroatoms. The maximum Gasteiger partial charge on any atom is 0.0663 e. The summed E-state index contributed by atoms with van der Waals surface area (Å²) in [6, 6.07) is 7.94. The fourth-order valence-electron chi connectivity index (χ4n) is 1.80. The average Bonchev–Trinajstić information content (AvgIpc) is 2.47. The topological polar surface area (TPSA) is 43.8 Å². The Bertz CT molecular complexity index is 512. The van der Waals surface area contributed by atoms with E-state index in [9.17, 15) is 0 Å². The molecule has 3 nitrogen and oxygen atoms in total. The van der Waals surface area contributed by atoms with Crippen molar-refractivity contribution in [1.29, 1.82) is 0 Å². The van der Waals surface area contributed by atoms with Crippen molar-refractivity contribution in [3.05, 3.63) is 46.8 Å². The van der Waals surface area contributed by atoms with Gasteiger partial charge in [-0.15, -0.1) is 0 Å². The molecule has 0 saturated heterocycles. The molecule has 0 unspecified atom stereocenters. The van der Waals surface area contributed by atoms with Gasteiger partial charge in [0.05, 0.1) is 12.2 Å². The van der Waals surface area contributed by atoms with Crippen LogP contribution in [0.4, 0.5) is 5.69 Å². The predicted molar refractivity (Wildman–Crippen MR) is 66.4 cm³/mol. The Hall–Kier alpha value is -1.77. The summed E-state index contributed by atoms with van der Waals surface area (Å²) >= 11 is 0. The molecule has 0 amide bonds. The zero-order valence-corrected chi connectivity index (χ0v) is 9.99. The molecule has 2 N–H and O–H groups in total. The van der Waals surface area contributed by atoms with Gasteiger partial charge >= 0.3 is 0 Å². The van der Waals surface area contributed by atoms with Crippen LogP contribution in [0.1, 0.15) is 22.5 Å². The smallest absolute Gasteiger partial charge is 0.0663 e. The van der Waals surface area contributed by atoms with Crippen LogP contribution in [0.25, 0.3) is 0 Å². The lowest BCUT2D eigenvalue weighted by molar-refractivity contribution is 0.658. The summed E-state index contributed by atoms with van der Waals surface area (Å²) in [5.74, 6) is 0. The SMILES string of the molecule is Cc1nn(Cc2cccc(N)c2)c(C)c1C. The van der Waals surface area contributed by atoms with Gasteiger partial charge < -0.3 is 5.73 Å². The van der Waals surface area contributed by atoms with E-state index in [0.717, 1.165) is 17.9 Å². The molecule has 0 fully saturated rings. The number of rotatable bonds is 2. The summed E-state index contributed by atoms with van der Waals surface area (Å²) < 4.78 is 2.03. The lowest BCUT2D eigenvalue weighted by Crippen LogP contribution is -2.04. The van der Waals surface area contributed by atoms with Crippen LogP contribution in [0.3, 0.4) is 0 Å². The van der Waals surface area contributed by atoms with Crippen molar-refractivity contribution < 1.29 is 0 Å². The molecule has 16 heavy (non-hydrogen) atoms. The minimum absolute atomic E-state index is 0.783. The molecule has 2 aromatic rings. The van der Waals surface area contributed by atoms with Gasteiger partial charge in [0.15, 0.2) is 0 Å². The summed E-state index contributed by atoms with van der Waals surface area (Å²) in [6.07, 6.45) is 0. The van der Waals surface area contributed by atoms with Crippen molar-refractivity contribution in [2.45, 2.75) is 27.3 Å². The molecule has 0 spiro atoms. The van der Waals surface area contributed by atoms with Gasteiger partial charge in [0.2, 0.25) is 0 Å². The number of hydrogen-bond donors (Lipinski definition) is 1. The lowest BCUT2D eigenvalue weighted by atomic mass is 10.2. The lowest BCUT2D eigenvalue weighted by Gasteiger charge is -2.05. The van der Waals surface area contributed by atoms with E-state index >= 15 is 0 Å². The van der Waals surface area contributed by atoms with E-state index in [1.165, 1.54) is 16.8 Å². The van der Waals surface area contributed by atoms with E-state index in [2.05, 4.69) is 25.0 Å². The second-order valence-electron chi connectivity index (χ2n) is 4.20. The summed E-state index contributed by atoms with van der Waals surface area (Å²) in [4.78, 5) is 0. The molecule has 0 aliphatic rings. The van der Waals surface area contributed by atoms with Crippen molar-refractivity contribution in [2.24, 2.45) is 0 Å². The minimum atomic E-state index is 0.783. The van der Waals surface area contributed by atoms with Crippen molar-refractivity contribution in [1.82, 2.24) is 9.78 Å². The first-order valence-corrected chi connectivity index (χ1v) is 5.43. The van der Waals surface area contributed by atoms with E-state index in [1.54, 1.807) is 0 Å². The second-order valence-corrected chi connectivity index (χ2v) is 4.20. The Morgan fingerprint density at radius 2 is 2.00 bits per heavy atom. The Morgan fingerprint density at radius 1 is 1.25 bits per heavy atom. The number of nitrogen functional groups attached to an aromatic ring is 1. The minimum Gasteiger partial charge on any atom is -0.399 e. The van der Waals surface area contributed by atoms with E-state index in [0.29, 0.717) is 0 Å². The number of aryl methyl sites for hydroxylation is 1. The molecule has 0 saturated carbocycles. The first kappa shape index (κ1) is 10.7. The molecule has 2 rings (SSSR count). The first-order valence-electron chi connectivity index (χ1n) is 5.43. The summed E-state index contributed by atoms with van der Waals surface area (Å²) in [5.41, 5.74) is 11.3. The zero-order chi connectivity index (χ0) is 11.7. The first-order chi connectivity index (χ1) is 7.58. The molecular weight excluding hydrogens is 198 g/mol. The molecule has 0 aliphatic heterocycles. The molecule has 0 bridgehead atoms. The van der Waals surface area contributed by atoms with E-state index in [1.807, 2.05) is 29.8 Å². The summed E-state index contributed by atoms with van der Waals surface area (Å²) in [6.45, 7) is 7.03. The quantitative estimate of drug-likeness (QED) is 0.782. The number of benzene rings is 1. The number of aromatic nitrogens is 2. The van der Waals surface area contributed by atoms with Gasteiger partial charge in [-0.2, -0.15) is 5.10 Å². The third kappa shape index (κ3) is 1.94. The Kier molecular flexibility index (Phi) is 2.69. The number of nitrogens with two attached hydrogens (primary N) is 1. The fraction of sp³-hybridized carbons (Fsp3) is 0.308. The molecule has 0 aliphatic carbocycles. The Labute approximate surface area is 95.9 Å². The largest absolute Gasteiger partial charge is 0.399 e. The molecule has 0 radical (unpaired) electrons. The standard InChI is InChI=1S/C13H17N3/c1-9-10(2)15-16(11(9)3)8-12-5-4-6-13(14)7-12/h4-7H,8,14H2,1-3H3. The van der Waals surface area contributed by atoms with Gasteiger partial charge in [-0.05, 0) is 44.0 Å². The molecule has 1 aromatic carbocycles. The van der Waals surface area contributed by atoms with Gasteiger partial charge in [-0.1, -0.05) is 12.1 Å². The highest BCUT2D eigenvalue weighted by Gasteiger charge is 2.07. The van der Waals surface area contributed by atoms with E-state index in [4.69, 9.17) is 5.73 Å². The number of anilines is 1. The maximum absolute atomic E-state index is 5.76. The van der Waals surface area contributed by atoms with Gasteiger partial charge in [0.1, 0.15) is 0 Å². The van der Waals surface area contributed by atoms with Crippen LogP contribution in [-0.4, -0.2) is 9.78 Å². The van der Waals surface area contributed by atoms with Crippen LogP contribution < -0.4 is 5.73 Å². The van der Waals surface area contributed by atoms with Crippen LogP contribution in [0.15, 0.2) is 24.3 Å². The Morgan fingerprint density at radius 3 is 2.56 bits per heavy atom. The van der Waals surface area contributed by atoms with Crippen LogP contribution >= 0.6 is 0 Å². The second kappa shape index (κ2) is 4.00. The third-order valence-corrected chi connectivity index (χ3v) is 3.03. The van der Waals surface area contributed by atoms with Crippen LogP contribution in [0.5, 0.6) is 0 Å². The Balaban J connectivity index is 2.30. The third-order valence-electron chi connectivity index (χ3n) is 3.03. The van der Waals surface area contributed by atoms with Gasteiger partial charge in [0, 0.05) is 11.4 Å². The van der Waals surface area contributed by atoms with Crippen LogP contribution in [0, 0.1) is 20.8 Å². The molecular formula is C13H17N3. The van der Waals surface area contributed by atoms with Crippen LogP contribution in [-0.2, 0) is 6.54 Å². The average molecular weight is 215 g/mol. The maximum atomic E-state index is 5.76. The monoisotopic (exact) mass is 215 g/mol.